The van der Waals surface area contributed by atoms with Crippen LogP contribution in [0.2, 0.25) is 0 Å². The molecule has 0 aliphatic heterocycles. The van der Waals surface area contributed by atoms with E-state index in [0.717, 1.165) is 5.39 Å². The Morgan fingerprint density at radius 1 is 1.44 bits per heavy atom. The molecule has 1 aromatic heterocycles. The Kier molecular flexibility index (Phi) is 3.72. The van der Waals surface area contributed by atoms with Gasteiger partial charge in [-0.25, -0.2) is 0 Å². The number of carboxylic acids is 1. The molecule has 18 heavy (non-hydrogen) atoms. The number of hydrogen-bond donors (Lipinski definition) is 2. The highest BCUT2D eigenvalue weighted by Gasteiger charge is 2.10. The van der Waals surface area contributed by atoms with Gasteiger partial charge in [0, 0.05) is 10.6 Å². The van der Waals surface area contributed by atoms with E-state index in [2.05, 4.69) is 4.98 Å². The number of hydrogen-bond acceptors (Lipinski definition) is 3. The molecule has 5 heteroatoms. The van der Waals surface area contributed by atoms with Gasteiger partial charge in [-0.1, -0.05) is 25.1 Å². The van der Waals surface area contributed by atoms with Gasteiger partial charge in [0.2, 0.25) is 0 Å². The van der Waals surface area contributed by atoms with Crippen molar-refractivity contribution < 1.29 is 9.90 Å². The number of carboxylic acid groups (broad SMARTS) is 1. The highest BCUT2D eigenvalue weighted by Crippen LogP contribution is 2.24. The molecular formula is C13H13NO3S. The molecule has 0 spiro atoms. The summed E-state index contributed by atoms with van der Waals surface area (Å²) >= 11 is 1.36. The van der Waals surface area contributed by atoms with E-state index in [-0.39, 0.29) is 17.2 Å². The normalized spacial score (nSPS) is 12.5. The Hall–Kier alpha value is -1.75. The van der Waals surface area contributed by atoms with Crippen molar-refractivity contribution in [2.24, 2.45) is 0 Å². The van der Waals surface area contributed by atoms with Crippen molar-refractivity contribution in [2.75, 3.05) is 0 Å². The van der Waals surface area contributed by atoms with Gasteiger partial charge in [-0.2, -0.15) is 0 Å². The summed E-state index contributed by atoms with van der Waals surface area (Å²) in [6, 6.07) is 9.20. The van der Waals surface area contributed by atoms with Crippen molar-refractivity contribution in [3.8, 4) is 0 Å². The lowest BCUT2D eigenvalue weighted by molar-refractivity contribution is -0.136. The maximum absolute atomic E-state index is 11.8. The molecule has 0 bridgehead atoms. The molecule has 0 aliphatic carbocycles. The minimum Gasteiger partial charge on any atom is -0.481 e. The number of aromatic nitrogens is 1. The van der Waals surface area contributed by atoms with Gasteiger partial charge in [0.05, 0.1) is 11.4 Å². The van der Waals surface area contributed by atoms with Crippen LogP contribution < -0.4 is 5.56 Å². The highest BCUT2D eigenvalue weighted by atomic mass is 32.2. The average Bonchev–Trinajstić information content (AvgIpc) is 2.27. The third-order valence-electron chi connectivity index (χ3n) is 2.52. The van der Waals surface area contributed by atoms with Crippen LogP contribution in [-0.4, -0.2) is 21.3 Å². The number of H-pyrrole nitrogens is 1. The summed E-state index contributed by atoms with van der Waals surface area (Å²) in [7, 11) is 0. The molecule has 2 rings (SSSR count). The summed E-state index contributed by atoms with van der Waals surface area (Å²) in [5, 5.41) is 10.8. The molecule has 1 heterocycles. The second-order valence-corrected chi connectivity index (χ2v) is 5.56. The van der Waals surface area contributed by atoms with Gasteiger partial charge in [0.15, 0.2) is 0 Å². The average molecular weight is 263 g/mol. The number of thioether (sulfide) groups is 1. The maximum atomic E-state index is 11.8. The zero-order valence-corrected chi connectivity index (χ0v) is 10.7. The van der Waals surface area contributed by atoms with E-state index in [1.54, 1.807) is 6.07 Å². The summed E-state index contributed by atoms with van der Waals surface area (Å²) in [6.45, 7) is 1.83. The monoisotopic (exact) mass is 263 g/mol. The molecular weight excluding hydrogens is 250 g/mol. The number of fused-ring (bicyclic) bond motifs is 1. The predicted molar refractivity (Wildman–Crippen MR) is 72.1 cm³/mol. The molecule has 1 unspecified atom stereocenters. The third-order valence-corrected chi connectivity index (χ3v) is 3.56. The minimum atomic E-state index is -0.835. The van der Waals surface area contributed by atoms with Crippen LogP contribution in [0, 0.1) is 0 Å². The lowest BCUT2D eigenvalue weighted by atomic mass is 10.2. The van der Waals surface area contributed by atoms with Gasteiger partial charge in [-0.15, -0.1) is 11.8 Å². The molecule has 2 N–H and O–H groups in total. The first-order valence-electron chi connectivity index (χ1n) is 5.57. The molecule has 4 nitrogen and oxygen atoms in total. The van der Waals surface area contributed by atoms with Crippen LogP contribution in [0.3, 0.4) is 0 Å². The number of pyridine rings is 1. The van der Waals surface area contributed by atoms with Crippen LogP contribution in [0.1, 0.15) is 13.3 Å². The molecule has 0 amide bonds. The second kappa shape index (κ2) is 5.27. The first kappa shape index (κ1) is 12.7. The Labute approximate surface area is 108 Å². The fourth-order valence-corrected chi connectivity index (χ4v) is 2.76. The predicted octanol–water partition coefficient (Wildman–Crippen LogP) is 2.48. The number of aromatic amines is 1. The lowest BCUT2D eigenvalue weighted by Gasteiger charge is -2.08. The van der Waals surface area contributed by atoms with E-state index >= 15 is 0 Å². The van der Waals surface area contributed by atoms with Crippen LogP contribution in [0.15, 0.2) is 40.2 Å². The standard InChI is InChI=1S/C13H13NO3S/c1-8(6-12(15)16)18-11-7-9-4-2-3-5-10(9)13(17)14-11/h2-5,7-8H,6H2,1H3,(H,14,17)(H,15,16). The molecule has 94 valence electrons. The fourth-order valence-electron chi connectivity index (χ4n) is 1.75. The lowest BCUT2D eigenvalue weighted by Crippen LogP contribution is -2.10. The van der Waals surface area contributed by atoms with Crippen molar-refractivity contribution in [1.29, 1.82) is 0 Å². The molecule has 0 aliphatic rings. The molecule has 1 aromatic carbocycles. The van der Waals surface area contributed by atoms with Gasteiger partial charge in [-0.05, 0) is 17.5 Å². The van der Waals surface area contributed by atoms with E-state index in [4.69, 9.17) is 5.11 Å². The van der Waals surface area contributed by atoms with Crippen LogP contribution in [0.4, 0.5) is 0 Å². The summed E-state index contributed by atoms with van der Waals surface area (Å²) in [4.78, 5) is 25.2. The van der Waals surface area contributed by atoms with Crippen molar-refractivity contribution in [3.05, 3.63) is 40.7 Å². The van der Waals surface area contributed by atoms with Crippen LogP contribution in [-0.2, 0) is 4.79 Å². The number of benzene rings is 1. The third kappa shape index (κ3) is 2.92. The largest absolute Gasteiger partial charge is 0.481 e. The van der Waals surface area contributed by atoms with Crippen LogP contribution in [0.25, 0.3) is 10.8 Å². The van der Waals surface area contributed by atoms with Gasteiger partial charge >= 0.3 is 5.97 Å². The van der Waals surface area contributed by atoms with Gasteiger partial charge in [-0.3, -0.25) is 9.59 Å². The van der Waals surface area contributed by atoms with Crippen LogP contribution in [0.5, 0.6) is 0 Å². The minimum absolute atomic E-state index is 0.0690. The number of aliphatic carboxylic acids is 1. The van der Waals surface area contributed by atoms with Crippen molar-refractivity contribution in [3.63, 3.8) is 0 Å². The Morgan fingerprint density at radius 2 is 2.17 bits per heavy atom. The van der Waals surface area contributed by atoms with E-state index in [0.29, 0.717) is 10.4 Å². The summed E-state index contributed by atoms with van der Waals surface area (Å²) in [6.07, 6.45) is 0.0690. The maximum Gasteiger partial charge on any atom is 0.304 e. The second-order valence-electron chi connectivity index (χ2n) is 4.08. The van der Waals surface area contributed by atoms with Gasteiger partial charge in [0.1, 0.15) is 0 Å². The molecule has 1 atom stereocenters. The zero-order valence-electron chi connectivity index (χ0n) is 9.84. The van der Waals surface area contributed by atoms with Crippen molar-refractivity contribution in [2.45, 2.75) is 23.6 Å². The van der Waals surface area contributed by atoms with Crippen molar-refractivity contribution in [1.82, 2.24) is 4.98 Å². The van der Waals surface area contributed by atoms with Gasteiger partial charge < -0.3 is 10.1 Å². The van der Waals surface area contributed by atoms with Crippen LogP contribution >= 0.6 is 11.8 Å². The highest BCUT2D eigenvalue weighted by molar-refractivity contribution is 7.99. The Balaban J connectivity index is 2.30. The first-order chi connectivity index (χ1) is 8.56. The number of carbonyl (C=O) groups is 1. The summed E-state index contributed by atoms with van der Waals surface area (Å²) < 4.78 is 0. The summed E-state index contributed by atoms with van der Waals surface area (Å²) in [5.74, 6) is -0.835. The van der Waals surface area contributed by atoms with E-state index in [1.807, 2.05) is 31.2 Å². The molecule has 0 saturated heterocycles. The number of nitrogens with one attached hydrogen (secondary N) is 1. The Morgan fingerprint density at radius 3 is 2.89 bits per heavy atom. The molecule has 0 fully saturated rings. The van der Waals surface area contributed by atoms with Crippen molar-refractivity contribution >= 4 is 28.5 Å². The summed E-state index contributed by atoms with van der Waals surface area (Å²) in [5.41, 5.74) is -0.141. The zero-order chi connectivity index (χ0) is 13.1. The molecule has 0 radical (unpaired) electrons. The molecule has 0 saturated carbocycles. The number of rotatable bonds is 4. The van der Waals surface area contributed by atoms with Gasteiger partial charge in [0.25, 0.3) is 5.56 Å². The SMILES string of the molecule is CC(CC(=O)O)Sc1cc2ccccc2c(=O)[nH]1. The smallest absolute Gasteiger partial charge is 0.304 e. The topological polar surface area (TPSA) is 70.2 Å². The molecule has 2 aromatic rings. The van der Waals surface area contributed by atoms with E-state index < -0.39 is 5.97 Å². The van der Waals surface area contributed by atoms with E-state index in [1.165, 1.54) is 11.8 Å². The fraction of sp³-hybridized carbons (Fsp3) is 0.231. The first-order valence-corrected chi connectivity index (χ1v) is 6.45. The van der Waals surface area contributed by atoms with E-state index in [9.17, 15) is 9.59 Å². The quantitative estimate of drug-likeness (QED) is 0.831. The Bertz CT molecular complexity index is 635.